The van der Waals surface area contributed by atoms with E-state index in [-0.39, 0.29) is 31.3 Å². The van der Waals surface area contributed by atoms with E-state index < -0.39 is 115 Å². The number of carbonyl (C=O) groups is 4. The van der Waals surface area contributed by atoms with Gasteiger partial charge in [0.25, 0.3) is 0 Å². The van der Waals surface area contributed by atoms with Crippen LogP contribution in [0.5, 0.6) is 0 Å². The van der Waals surface area contributed by atoms with Gasteiger partial charge < -0.3 is 62.7 Å². The number of ether oxygens (including phenoxy) is 10. The fraction of sp³-hybridized carbons (Fsp3) is 0.700. The highest BCUT2D eigenvalue weighted by atomic mass is 16.8. The van der Waals surface area contributed by atoms with E-state index in [0.29, 0.717) is 19.4 Å². The van der Waals surface area contributed by atoms with Crippen molar-refractivity contribution in [3.05, 3.63) is 42.0 Å². The number of carbonyl (C=O) groups excluding carboxylic acids is 4. The van der Waals surface area contributed by atoms with Crippen LogP contribution in [0.4, 0.5) is 0 Å². The molecule has 7 rings (SSSR count). The van der Waals surface area contributed by atoms with E-state index >= 15 is 0 Å². The summed E-state index contributed by atoms with van der Waals surface area (Å²) in [6.45, 7) is 7.81. The van der Waals surface area contributed by atoms with E-state index in [1.54, 1.807) is 6.08 Å². The number of hydrogen-bond acceptors (Lipinski definition) is 17. The van der Waals surface area contributed by atoms with Gasteiger partial charge in [0.05, 0.1) is 37.4 Å². The summed E-state index contributed by atoms with van der Waals surface area (Å²) in [5.74, 6) is -4.80. The van der Waals surface area contributed by atoms with Gasteiger partial charge in [-0.3, -0.25) is 14.4 Å². The summed E-state index contributed by atoms with van der Waals surface area (Å²) in [5, 5.41) is 32.7. The van der Waals surface area contributed by atoms with Gasteiger partial charge in [-0.2, -0.15) is 0 Å². The molecule has 17 atom stereocenters. The maximum Gasteiger partial charge on any atom is 0.331 e. The molecular weight excluding hydrogens is 752 g/mol. The van der Waals surface area contributed by atoms with Crippen molar-refractivity contribution in [2.24, 2.45) is 17.8 Å². The van der Waals surface area contributed by atoms with Gasteiger partial charge in [-0.25, -0.2) is 4.79 Å². The first-order chi connectivity index (χ1) is 27.1. The zero-order valence-electron chi connectivity index (χ0n) is 32.5. The average Bonchev–Trinajstić information content (AvgIpc) is 3.94. The van der Waals surface area contributed by atoms with Crippen molar-refractivity contribution in [2.75, 3.05) is 13.2 Å². The highest BCUT2D eigenvalue weighted by molar-refractivity contribution is 5.87. The highest BCUT2D eigenvalue weighted by Crippen LogP contribution is 2.62. The Hall–Kier alpha value is -3.52. The molecular formula is C40H52O17. The molecule has 1 aromatic carbocycles. The van der Waals surface area contributed by atoms with Crippen molar-refractivity contribution in [3.8, 4) is 0 Å². The molecule has 314 valence electrons. The molecule has 6 fully saturated rings. The maximum atomic E-state index is 14.0. The van der Waals surface area contributed by atoms with Crippen molar-refractivity contribution < 1.29 is 81.9 Å². The van der Waals surface area contributed by atoms with Gasteiger partial charge in [-0.1, -0.05) is 37.3 Å². The van der Waals surface area contributed by atoms with Crippen LogP contribution in [0.2, 0.25) is 0 Å². The van der Waals surface area contributed by atoms with Gasteiger partial charge >= 0.3 is 23.9 Å². The predicted molar refractivity (Wildman–Crippen MR) is 191 cm³/mol. The number of fused-ring (bicyclic) bond motifs is 3. The third-order valence-corrected chi connectivity index (χ3v) is 12.0. The van der Waals surface area contributed by atoms with Gasteiger partial charge in [0.15, 0.2) is 30.2 Å². The zero-order valence-corrected chi connectivity index (χ0v) is 32.5. The summed E-state index contributed by atoms with van der Waals surface area (Å²) < 4.78 is 59.4. The van der Waals surface area contributed by atoms with Gasteiger partial charge in [0, 0.05) is 38.2 Å². The molecule has 0 radical (unpaired) electrons. The van der Waals surface area contributed by atoms with E-state index in [9.17, 15) is 34.5 Å². The summed E-state index contributed by atoms with van der Waals surface area (Å²) in [7, 11) is 0. The number of hydrogen-bond donors (Lipinski definition) is 3. The molecule has 0 amide bonds. The molecule has 1 aliphatic carbocycles. The Bertz CT molecular complexity index is 1670. The Kier molecular flexibility index (Phi) is 12.1. The molecule has 5 aliphatic heterocycles. The monoisotopic (exact) mass is 804 g/mol. The molecule has 0 bridgehead atoms. The van der Waals surface area contributed by atoms with Crippen LogP contribution in [0.25, 0.3) is 6.08 Å². The minimum Gasteiger partial charge on any atom is -0.459 e. The second-order valence-electron chi connectivity index (χ2n) is 16.0. The molecule has 1 saturated carbocycles. The van der Waals surface area contributed by atoms with Crippen LogP contribution in [-0.4, -0.2) is 137 Å². The van der Waals surface area contributed by atoms with Gasteiger partial charge in [0.1, 0.15) is 24.4 Å². The first-order valence-corrected chi connectivity index (χ1v) is 19.6. The average molecular weight is 805 g/mol. The zero-order chi connectivity index (χ0) is 40.8. The Morgan fingerprint density at radius 2 is 1.44 bits per heavy atom. The standard InChI is InChI=1S/C40H52O17/c1-19-17-48-40(16-28(19)54-29(43)14-11-24-9-7-6-8-10-24)39(18-49-39)26-13-12-25(15-27(26)57-40)36(47)56-38-35(34(53-23(5)42)31(45)21(3)51-38)55-37-32(46)33(52-22(4)41)30(44)20(2)50-37/h6-11,14,19-21,25-28,30-35,37-38,44-46H,12-13,15-18H2,1-5H3/b14-11-/t19-,20+,21-,25-,26-,27+,28+,30-,31+,32+,33-,34+,35+,37-,38+,39-,40-/m1/s1. The molecule has 3 N–H and O–H groups in total. The number of rotatable bonds is 9. The molecule has 5 heterocycles. The smallest absolute Gasteiger partial charge is 0.331 e. The number of esters is 4. The van der Waals surface area contributed by atoms with Crippen LogP contribution in [0.15, 0.2) is 36.4 Å². The fourth-order valence-corrected chi connectivity index (χ4v) is 8.85. The number of benzene rings is 1. The Labute approximate surface area is 329 Å². The minimum absolute atomic E-state index is 0.109. The molecule has 17 heteroatoms. The van der Waals surface area contributed by atoms with E-state index in [2.05, 4.69) is 0 Å². The molecule has 6 aliphatic rings. The first-order valence-electron chi connectivity index (χ1n) is 19.6. The van der Waals surface area contributed by atoms with E-state index in [1.165, 1.54) is 19.9 Å². The van der Waals surface area contributed by atoms with Crippen LogP contribution >= 0.6 is 0 Å². The molecule has 5 saturated heterocycles. The maximum absolute atomic E-state index is 14.0. The molecule has 2 spiro atoms. The van der Waals surface area contributed by atoms with Crippen LogP contribution in [0.1, 0.15) is 65.9 Å². The predicted octanol–water partition coefficient (Wildman–Crippen LogP) is 1.31. The van der Waals surface area contributed by atoms with Gasteiger partial charge in [0.2, 0.25) is 12.1 Å². The SMILES string of the molecule is CC(=O)O[C@H]1[C@H](O)[C@@H](O[C@@H]2[C@H](OC(=O)[C@@H]3CC[C@@H]4[C@H](C3)O[C@]3(C[C@H](OC(=O)/C=C\c5ccccc5)[C@H](C)CO3)[C@@]43CO3)O[C@H](C)[C@H](O)[C@@H]2OC(C)=O)O[C@@H](C)[C@H]1O. The summed E-state index contributed by atoms with van der Waals surface area (Å²) >= 11 is 0. The van der Waals surface area contributed by atoms with Crippen molar-refractivity contribution in [1.82, 2.24) is 0 Å². The number of aliphatic hydroxyl groups excluding tert-OH is 3. The van der Waals surface area contributed by atoms with E-state index in [0.717, 1.165) is 19.4 Å². The molecule has 1 aromatic rings. The number of epoxide rings is 1. The molecule has 0 aromatic heterocycles. The van der Waals surface area contributed by atoms with E-state index in [4.69, 9.17) is 47.4 Å². The fourth-order valence-electron chi connectivity index (χ4n) is 8.85. The summed E-state index contributed by atoms with van der Waals surface area (Å²) in [5.41, 5.74) is 0.102. The van der Waals surface area contributed by atoms with Crippen molar-refractivity contribution in [2.45, 2.75) is 145 Å². The van der Waals surface area contributed by atoms with Crippen molar-refractivity contribution in [3.63, 3.8) is 0 Å². The lowest BCUT2D eigenvalue weighted by molar-refractivity contribution is -0.358. The third kappa shape index (κ3) is 8.36. The first kappa shape index (κ1) is 41.6. The minimum atomic E-state index is -1.73. The summed E-state index contributed by atoms with van der Waals surface area (Å²) in [6.07, 6.45) is -10.6. The quantitative estimate of drug-likeness (QED) is 0.139. The largest absolute Gasteiger partial charge is 0.459 e. The van der Waals surface area contributed by atoms with Gasteiger partial charge in [-0.15, -0.1) is 0 Å². The topological polar surface area (TPSA) is 225 Å². The van der Waals surface area contributed by atoms with Crippen LogP contribution < -0.4 is 0 Å². The Balaban J connectivity index is 1.04. The lowest BCUT2D eigenvalue weighted by Crippen LogP contribution is -2.64. The second kappa shape index (κ2) is 16.6. The van der Waals surface area contributed by atoms with Crippen LogP contribution in [-0.2, 0) is 66.5 Å². The second-order valence-corrected chi connectivity index (χ2v) is 16.0. The molecule has 17 nitrogen and oxygen atoms in total. The van der Waals surface area contributed by atoms with Crippen molar-refractivity contribution in [1.29, 1.82) is 0 Å². The Morgan fingerprint density at radius 1 is 0.789 bits per heavy atom. The van der Waals surface area contributed by atoms with Crippen molar-refractivity contribution >= 4 is 30.0 Å². The lowest BCUT2D eigenvalue weighted by atomic mass is 9.72. The van der Waals surface area contributed by atoms with Crippen LogP contribution in [0.3, 0.4) is 0 Å². The summed E-state index contributed by atoms with van der Waals surface area (Å²) in [6, 6.07) is 9.42. The molecule has 57 heavy (non-hydrogen) atoms. The van der Waals surface area contributed by atoms with Crippen LogP contribution in [0, 0.1) is 17.8 Å². The normalized spacial score (nSPS) is 44.0. The van der Waals surface area contributed by atoms with E-state index in [1.807, 2.05) is 37.3 Å². The third-order valence-electron chi connectivity index (χ3n) is 12.0. The van der Waals surface area contributed by atoms with Gasteiger partial charge in [-0.05, 0) is 44.7 Å². The lowest BCUT2D eigenvalue weighted by Gasteiger charge is -2.46. The highest BCUT2D eigenvalue weighted by Gasteiger charge is 2.76. The Morgan fingerprint density at radius 3 is 2.11 bits per heavy atom. The summed E-state index contributed by atoms with van der Waals surface area (Å²) in [4.78, 5) is 50.9. The molecule has 0 unspecified atom stereocenters. The number of aliphatic hydroxyl groups is 3.